The molecule has 1 aliphatic carbocycles. The maximum atomic E-state index is 13.5. The molecule has 184 valence electrons. The van der Waals surface area contributed by atoms with Gasteiger partial charge in [-0.25, -0.2) is 4.99 Å². The van der Waals surface area contributed by atoms with Crippen molar-refractivity contribution in [3.63, 3.8) is 0 Å². The van der Waals surface area contributed by atoms with Crippen LogP contribution in [0.15, 0.2) is 75.0 Å². The molecule has 2 fully saturated rings. The van der Waals surface area contributed by atoms with E-state index in [9.17, 15) is 14.9 Å². The highest BCUT2D eigenvalue weighted by molar-refractivity contribution is 8.18. The van der Waals surface area contributed by atoms with Gasteiger partial charge in [-0.15, -0.1) is 0 Å². The minimum Gasteiger partial charge on any atom is -0.496 e. The van der Waals surface area contributed by atoms with Gasteiger partial charge in [-0.1, -0.05) is 37.5 Å². The lowest BCUT2D eigenvalue weighted by molar-refractivity contribution is -0.384. The van der Waals surface area contributed by atoms with Crippen molar-refractivity contribution in [1.29, 1.82) is 0 Å². The first-order valence-corrected chi connectivity index (χ1v) is 12.6. The normalized spacial score (nSPS) is 18.8. The Kier molecular flexibility index (Phi) is 6.90. The third kappa shape index (κ3) is 4.92. The Balaban J connectivity index is 1.46. The van der Waals surface area contributed by atoms with Gasteiger partial charge in [-0.3, -0.25) is 19.8 Å². The summed E-state index contributed by atoms with van der Waals surface area (Å²) in [5, 5.41) is 11.8. The average molecular weight is 504 g/mol. The molecule has 36 heavy (non-hydrogen) atoms. The Morgan fingerprint density at radius 2 is 1.89 bits per heavy atom. The number of hydrogen-bond donors (Lipinski definition) is 0. The van der Waals surface area contributed by atoms with Crippen molar-refractivity contribution < 1.29 is 18.9 Å². The number of nitro groups is 1. The van der Waals surface area contributed by atoms with Gasteiger partial charge in [0.05, 0.1) is 34.3 Å². The summed E-state index contributed by atoms with van der Waals surface area (Å²) in [6, 6.07) is 17.7. The number of amidine groups is 1. The Hall–Kier alpha value is -3.85. The van der Waals surface area contributed by atoms with E-state index in [2.05, 4.69) is 0 Å². The largest absolute Gasteiger partial charge is 0.496 e. The van der Waals surface area contributed by atoms with Crippen LogP contribution in [0.5, 0.6) is 5.75 Å². The number of hydrogen-bond acceptors (Lipinski definition) is 7. The SMILES string of the molecule is COc1cc([N+](=O)[O-])ccc1-c1ccc(/C=C2\SC(=Nc3ccccc3)N(C3CCCCC3)C2=O)o1. The van der Waals surface area contributed by atoms with E-state index in [1.807, 2.05) is 35.2 Å². The number of rotatable bonds is 6. The number of carbonyl (C=O) groups is 1. The van der Waals surface area contributed by atoms with Gasteiger partial charge in [0, 0.05) is 18.2 Å². The molecule has 8 nitrogen and oxygen atoms in total. The van der Waals surface area contributed by atoms with Crippen LogP contribution in [0.4, 0.5) is 11.4 Å². The van der Waals surface area contributed by atoms with Crippen molar-refractivity contribution in [3.8, 4) is 17.1 Å². The fourth-order valence-electron chi connectivity index (χ4n) is 4.54. The molecule has 1 saturated carbocycles. The summed E-state index contributed by atoms with van der Waals surface area (Å²) in [5.41, 5.74) is 1.33. The molecule has 1 aliphatic heterocycles. The average Bonchev–Trinajstić information content (AvgIpc) is 3.49. The number of aliphatic imine (C=N–C) groups is 1. The number of non-ortho nitro benzene ring substituents is 1. The van der Waals surface area contributed by atoms with Crippen molar-refractivity contribution in [3.05, 3.63) is 81.4 Å². The molecule has 0 bridgehead atoms. The number of furan rings is 1. The molecular weight excluding hydrogens is 478 g/mol. The summed E-state index contributed by atoms with van der Waals surface area (Å²) >= 11 is 1.36. The second kappa shape index (κ2) is 10.4. The highest BCUT2D eigenvalue weighted by Gasteiger charge is 2.38. The van der Waals surface area contributed by atoms with E-state index in [0.717, 1.165) is 31.4 Å². The molecule has 0 N–H and O–H groups in total. The van der Waals surface area contributed by atoms with Crippen LogP contribution in [0, 0.1) is 10.1 Å². The third-order valence-corrected chi connectivity index (χ3v) is 7.30. The fourth-order valence-corrected chi connectivity index (χ4v) is 5.58. The molecule has 1 aromatic heterocycles. The number of methoxy groups -OCH3 is 1. The molecule has 1 saturated heterocycles. The maximum Gasteiger partial charge on any atom is 0.273 e. The Labute approximate surface area is 212 Å². The molecule has 9 heteroatoms. The van der Waals surface area contributed by atoms with E-state index in [0.29, 0.717) is 32.9 Å². The molecule has 0 radical (unpaired) electrons. The van der Waals surface area contributed by atoms with Gasteiger partial charge >= 0.3 is 0 Å². The number of nitrogens with zero attached hydrogens (tertiary/aromatic N) is 3. The number of nitro benzene ring substituents is 1. The zero-order valence-electron chi connectivity index (χ0n) is 19.8. The molecule has 0 atom stereocenters. The van der Waals surface area contributed by atoms with Crippen LogP contribution in [0.2, 0.25) is 0 Å². The second-order valence-electron chi connectivity index (χ2n) is 8.65. The molecule has 0 spiro atoms. The van der Waals surface area contributed by atoms with Crippen LogP contribution in [0.1, 0.15) is 37.9 Å². The Morgan fingerprint density at radius 1 is 1.11 bits per heavy atom. The van der Waals surface area contributed by atoms with Gasteiger partial charge in [0.1, 0.15) is 17.3 Å². The van der Waals surface area contributed by atoms with Gasteiger partial charge in [0.2, 0.25) is 0 Å². The number of carbonyl (C=O) groups excluding carboxylic acids is 1. The van der Waals surface area contributed by atoms with Crippen LogP contribution < -0.4 is 4.74 Å². The lowest BCUT2D eigenvalue weighted by atomic mass is 9.94. The summed E-state index contributed by atoms with van der Waals surface area (Å²) in [6.07, 6.45) is 7.08. The number of para-hydroxylation sites is 1. The Morgan fingerprint density at radius 3 is 2.61 bits per heavy atom. The molecule has 2 aromatic carbocycles. The lowest BCUT2D eigenvalue weighted by Crippen LogP contribution is -2.40. The van der Waals surface area contributed by atoms with Crippen molar-refractivity contribution in [1.82, 2.24) is 4.90 Å². The summed E-state index contributed by atoms with van der Waals surface area (Å²) in [5.74, 6) is 1.27. The number of ether oxygens (including phenoxy) is 1. The third-order valence-electron chi connectivity index (χ3n) is 6.32. The molecule has 1 amide bonds. The van der Waals surface area contributed by atoms with Gasteiger partial charge in [0.15, 0.2) is 5.17 Å². The van der Waals surface area contributed by atoms with Crippen LogP contribution >= 0.6 is 11.8 Å². The van der Waals surface area contributed by atoms with Crippen molar-refractivity contribution in [2.75, 3.05) is 7.11 Å². The van der Waals surface area contributed by atoms with Crippen molar-refractivity contribution >= 4 is 40.3 Å². The van der Waals surface area contributed by atoms with E-state index in [-0.39, 0.29) is 17.6 Å². The zero-order valence-corrected chi connectivity index (χ0v) is 20.6. The smallest absolute Gasteiger partial charge is 0.273 e. The van der Waals surface area contributed by atoms with Gasteiger partial charge in [0.25, 0.3) is 11.6 Å². The highest BCUT2D eigenvalue weighted by Crippen LogP contribution is 2.40. The van der Waals surface area contributed by atoms with Gasteiger partial charge in [-0.05, 0) is 54.9 Å². The van der Waals surface area contributed by atoms with Crippen molar-refractivity contribution in [2.24, 2.45) is 4.99 Å². The predicted octanol–water partition coefficient (Wildman–Crippen LogP) is 6.80. The standard InChI is InChI=1S/C27H25N3O5S/c1-34-24-16-20(30(32)33)12-14-22(24)23-15-13-21(35-23)17-25-26(31)29(19-10-6-3-7-11-19)27(36-25)28-18-8-4-2-5-9-18/h2,4-5,8-9,12-17,19H,3,6-7,10-11H2,1H3/b25-17-,28-27?. The Bertz CT molecular complexity index is 1340. The minimum absolute atomic E-state index is 0.0625. The van der Waals surface area contributed by atoms with Crippen molar-refractivity contribution in [2.45, 2.75) is 38.1 Å². The molecule has 0 unspecified atom stereocenters. The summed E-state index contributed by atoms with van der Waals surface area (Å²) in [6.45, 7) is 0. The summed E-state index contributed by atoms with van der Waals surface area (Å²) in [4.78, 5) is 31.3. The second-order valence-corrected chi connectivity index (χ2v) is 9.66. The highest BCUT2D eigenvalue weighted by atomic mass is 32.2. The van der Waals surface area contributed by atoms with E-state index >= 15 is 0 Å². The molecule has 2 heterocycles. The van der Waals surface area contributed by atoms with E-state index in [1.54, 1.807) is 24.3 Å². The minimum atomic E-state index is -0.472. The first kappa shape index (κ1) is 23.9. The van der Waals surface area contributed by atoms with Crippen LogP contribution in [-0.4, -0.2) is 34.0 Å². The van der Waals surface area contributed by atoms with E-state index in [1.165, 1.54) is 37.4 Å². The fraction of sp³-hybridized carbons (Fsp3) is 0.259. The quantitative estimate of drug-likeness (QED) is 0.208. The van der Waals surface area contributed by atoms with Crippen LogP contribution in [-0.2, 0) is 4.79 Å². The topological polar surface area (TPSA) is 98.2 Å². The van der Waals surface area contributed by atoms with E-state index < -0.39 is 4.92 Å². The summed E-state index contributed by atoms with van der Waals surface area (Å²) in [7, 11) is 1.45. The first-order chi connectivity index (χ1) is 17.5. The number of thioether (sulfide) groups is 1. The molecule has 5 rings (SSSR count). The van der Waals surface area contributed by atoms with Crippen LogP contribution in [0.25, 0.3) is 17.4 Å². The lowest BCUT2D eigenvalue weighted by Gasteiger charge is -2.30. The van der Waals surface area contributed by atoms with Crippen LogP contribution in [0.3, 0.4) is 0 Å². The predicted molar refractivity (Wildman–Crippen MR) is 140 cm³/mol. The monoisotopic (exact) mass is 503 g/mol. The van der Waals surface area contributed by atoms with E-state index in [4.69, 9.17) is 14.1 Å². The number of amides is 1. The molecular formula is C27H25N3O5S. The first-order valence-electron chi connectivity index (χ1n) is 11.8. The molecule has 2 aliphatic rings. The number of benzene rings is 2. The zero-order chi connectivity index (χ0) is 25.1. The maximum absolute atomic E-state index is 13.5. The van der Waals surface area contributed by atoms with Gasteiger partial charge < -0.3 is 9.15 Å². The van der Waals surface area contributed by atoms with Gasteiger partial charge in [-0.2, -0.15) is 0 Å². The summed E-state index contributed by atoms with van der Waals surface area (Å²) < 4.78 is 11.3. The molecule has 3 aromatic rings.